The summed E-state index contributed by atoms with van der Waals surface area (Å²) >= 11 is 0. The van der Waals surface area contributed by atoms with Crippen LogP contribution in [0.3, 0.4) is 0 Å². The van der Waals surface area contributed by atoms with Gasteiger partial charge in [-0.25, -0.2) is 9.78 Å². The number of nitrogen functional groups attached to an aromatic ring is 2. The van der Waals surface area contributed by atoms with Crippen LogP contribution in [0.15, 0.2) is 12.3 Å². The zero-order valence-electron chi connectivity index (χ0n) is 6.64. The van der Waals surface area contributed by atoms with E-state index in [1.54, 1.807) is 0 Å². The molecule has 13 heavy (non-hydrogen) atoms. The van der Waals surface area contributed by atoms with Crippen LogP contribution in [-0.2, 0) is 4.79 Å². The lowest BCUT2D eigenvalue weighted by atomic mass is 10.3. The molecule has 1 aromatic heterocycles. The second-order valence-corrected chi connectivity index (χ2v) is 2.24. The van der Waals surface area contributed by atoms with Crippen molar-refractivity contribution in [3.8, 4) is 0 Å². The normalized spacial score (nSPS) is 10.5. The fourth-order valence-corrected chi connectivity index (χ4v) is 0.708. The minimum atomic E-state index is -1.06. The Labute approximate surface area is 73.9 Å². The Morgan fingerprint density at radius 2 is 2.23 bits per heavy atom. The molecule has 0 saturated carbocycles. The van der Waals surface area contributed by atoms with Crippen molar-refractivity contribution >= 4 is 23.8 Å². The van der Waals surface area contributed by atoms with Gasteiger partial charge in [-0.15, -0.1) is 0 Å². The molecule has 0 aliphatic heterocycles. The van der Waals surface area contributed by atoms with Crippen LogP contribution in [0.1, 0.15) is 5.56 Å². The van der Waals surface area contributed by atoms with Crippen molar-refractivity contribution in [2.24, 2.45) is 0 Å². The Bertz CT molecular complexity index is 362. The van der Waals surface area contributed by atoms with Crippen molar-refractivity contribution in [2.75, 3.05) is 11.5 Å². The molecule has 0 saturated heterocycles. The number of aromatic nitrogens is 2. The number of carbonyl (C=O) groups is 1. The third-order valence-electron chi connectivity index (χ3n) is 1.27. The molecule has 0 aromatic carbocycles. The van der Waals surface area contributed by atoms with E-state index in [0.717, 1.165) is 6.08 Å². The third-order valence-corrected chi connectivity index (χ3v) is 1.27. The first-order chi connectivity index (χ1) is 6.09. The molecule has 0 aliphatic rings. The van der Waals surface area contributed by atoms with E-state index in [0.29, 0.717) is 5.56 Å². The number of hydrogen-bond acceptors (Lipinski definition) is 5. The molecule has 0 spiro atoms. The van der Waals surface area contributed by atoms with Crippen LogP contribution in [0.5, 0.6) is 0 Å². The zero-order chi connectivity index (χ0) is 9.84. The summed E-state index contributed by atoms with van der Waals surface area (Å²) in [6.45, 7) is 0. The second kappa shape index (κ2) is 3.53. The highest BCUT2D eigenvalue weighted by atomic mass is 16.4. The largest absolute Gasteiger partial charge is 0.478 e. The van der Waals surface area contributed by atoms with Gasteiger partial charge in [0.05, 0.1) is 0 Å². The molecule has 68 valence electrons. The van der Waals surface area contributed by atoms with Gasteiger partial charge in [-0.3, -0.25) is 0 Å². The Morgan fingerprint density at radius 1 is 1.54 bits per heavy atom. The van der Waals surface area contributed by atoms with Gasteiger partial charge in [-0.2, -0.15) is 4.98 Å². The number of anilines is 2. The van der Waals surface area contributed by atoms with Crippen molar-refractivity contribution in [2.45, 2.75) is 0 Å². The summed E-state index contributed by atoms with van der Waals surface area (Å²) in [6.07, 6.45) is 3.61. The highest BCUT2D eigenvalue weighted by molar-refractivity contribution is 5.86. The average molecular weight is 180 g/mol. The maximum Gasteiger partial charge on any atom is 0.328 e. The molecule has 0 fully saturated rings. The zero-order valence-corrected chi connectivity index (χ0v) is 6.64. The second-order valence-electron chi connectivity index (χ2n) is 2.24. The standard InChI is InChI=1S/C7H8N4O2/c8-6-4(1-2-5(12)13)3-10-7(9)11-6/h1-3H,(H,12,13)(H4,8,9,10,11)/b2-1+. The Balaban J connectivity index is 2.96. The molecule has 0 atom stereocenters. The number of carboxylic acid groups (broad SMARTS) is 1. The summed E-state index contributed by atoms with van der Waals surface area (Å²) in [7, 11) is 0. The summed E-state index contributed by atoms with van der Waals surface area (Å²) in [4.78, 5) is 17.5. The van der Waals surface area contributed by atoms with Gasteiger partial charge in [-0.05, 0) is 6.08 Å². The molecule has 1 heterocycles. The van der Waals surface area contributed by atoms with Crippen molar-refractivity contribution in [3.05, 3.63) is 17.8 Å². The lowest BCUT2D eigenvalue weighted by Gasteiger charge is -1.98. The van der Waals surface area contributed by atoms with Gasteiger partial charge in [0.1, 0.15) is 5.82 Å². The van der Waals surface area contributed by atoms with E-state index in [1.807, 2.05) is 0 Å². The molecule has 0 unspecified atom stereocenters. The first kappa shape index (κ1) is 8.98. The first-order valence-corrected chi connectivity index (χ1v) is 3.38. The Kier molecular flexibility index (Phi) is 2.44. The molecule has 0 amide bonds. The highest BCUT2D eigenvalue weighted by Crippen LogP contribution is 2.09. The molecular weight excluding hydrogens is 172 g/mol. The van der Waals surface area contributed by atoms with Gasteiger partial charge in [-0.1, -0.05) is 0 Å². The molecular formula is C7H8N4O2. The maximum absolute atomic E-state index is 10.2. The van der Waals surface area contributed by atoms with Gasteiger partial charge >= 0.3 is 5.97 Å². The van der Waals surface area contributed by atoms with E-state index in [2.05, 4.69) is 9.97 Å². The monoisotopic (exact) mass is 180 g/mol. The topological polar surface area (TPSA) is 115 Å². The van der Waals surface area contributed by atoms with Crippen LogP contribution in [0, 0.1) is 0 Å². The van der Waals surface area contributed by atoms with Crippen LogP contribution in [0.25, 0.3) is 6.08 Å². The van der Waals surface area contributed by atoms with Crippen LogP contribution in [0.2, 0.25) is 0 Å². The van der Waals surface area contributed by atoms with E-state index in [9.17, 15) is 4.79 Å². The predicted octanol–water partition coefficient (Wildman–Crippen LogP) is -0.261. The number of nitrogens with zero attached hydrogens (tertiary/aromatic N) is 2. The van der Waals surface area contributed by atoms with Crippen molar-refractivity contribution in [1.82, 2.24) is 9.97 Å². The summed E-state index contributed by atoms with van der Waals surface area (Å²) in [5.41, 5.74) is 11.1. The average Bonchev–Trinajstić information content (AvgIpc) is 2.02. The van der Waals surface area contributed by atoms with E-state index in [4.69, 9.17) is 16.6 Å². The summed E-state index contributed by atoms with van der Waals surface area (Å²) < 4.78 is 0. The molecule has 5 N–H and O–H groups in total. The van der Waals surface area contributed by atoms with Gasteiger partial charge < -0.3 is 16.6 Å². The Hall–Kier alpha value is -2.11. The summed E-state index contributed by atoms with van der Waals surface area (Å²) in [5.74, 6) is -0.841. The van der Waals surface area contributed by atoms with Gasteiger partial charge in [0.2, 0.25) is 5.95 Å². The van der Waals surface area contributed by atoms with E-state index in [-0.39, 0.29) is 11.8 Å². The third kappa shape index (κ3) is 2.44. The first-order valence-electron chi connectivity index (χ1n) is 3.38. The van der Waals surface area contributed by atoms with Crippen LogP contribution >= 0.6 is 0 Å². The summed E-state index contributed by atoms with van der Waals surface area (Å²) in [5, 5.41) is 8.33. The summed E-state index contributed by atoms with van der Waals surface area (Å²) in [6, 6.07) is 0. The number of aliphatic carboxylic acids is 1. The van der Waals surface area contributed by atoms with Crippen LogP contribution < -0.4 is 11.5 Å². The number of hydrogen-bond donors (Lipinski definition) is 3. The molecule has 6 heteroatoms. The molecule has 1 aromatic rings. The van der Waals surface area contributed by atoms with E-state index in [1.165, 1.54) is 12.3 Å². The van der Waals surface area contributed by atoms with Crippen LogP contribution in [0.4, 0.5) is 11.8 Å². The molecule has 6 nitrogen and oxygen atoms in total. The fourth-order valence-electron chi connectivity index (χ4n) is 0.708. The lowest BCUT2D eigenvalue weighted by molar-refractivity contribution is -0.131. The smallest absolute Gasteiger partial charge is 0.328 e. The van der Waals surface area contributed by atoms with E-state index < -0.39 is 5.97 Å². The van der Waals surface area contributed by atoms with Gasteiger partial charge in [0.25, 0.3) is 0 Å². The maximum atomic E-state index is 10.2. The molecule has 0 bridgehead atoms. The van der Waals surface area contributed by atoms with Crippen molar-refractivity contribution in [1.29, 1.82) is 0 Å². The van der Waals surface area contributed by atoms with E-state index >= 15 is 0 Å². The van der Waals surface area contributed by atoms with Gasteiger partial charge in [0.15, 0.2) is 0 Å². The van der Waals surface area contributed by atoms with Gasteiger partial charge in [0, 0.05) is 17.8 Å². The predicted molar refractivity (Wildman–Crippen MR) is 47.5 cm³/mol. The lowest BCUT2D eigenvalue weighted by Crippen LogP contribution is -2.01. The minimum absolute atomic E-state index is 0.0602. The van der Waals surface area contributed by atoms with Crippen LogP contribution in [-0.4, -0.2) is 21.0 Å². The Morgan fingerprint density at radius 3 is 2.77 bits per heavy atom. The fraction of sp³-hybridized carbons (Fsp3) is 0. The molecule has 0 aliphatic carbocycles. The quantitative estimate of drug-likeness (QED) is 0.540. The number of nitrogens with two attached hydrogens (primary N) is 2. The molecule has 1 rings (SSSR count). The SMILES string of the molecule is Nc1ncc(/C=C/C(=O)O)c(N)n1. The number of carboxylic acids is 1. The molecule has 0 radical (unpaired) electrons. The minimum Gasteiger partial charge on any atom is -0.478 e. The van der Waals surface area contributed by atoms with Crippen molar-refractivity contribution in [3.63, 3.8) is 0 Å². The highest BCUT2D eigenvalue weighted by Gasteiger charge is 1.98. The van der Waals surface area contributed by atoms with Crippen molar-refractivity contribution < 1.29 is 9.90 Å². The number of rotatable bonds is 2.